The number of carbonyl (C=O) groups is 1. The van der Waals surface area contributed by atoms with Crippen LogP contribution in [0, 0.1) is 5.92 Å². The van der Waals surface area contributed by atoms with Gasteiger partial charge in [0.05, 0.1) is 17.0 Å². The van der Waals surface area contributed by atoms with Crippen LogP contribution in [0.15, 0.2) is 28.3 Å². The van der Waals surface area contributed by atoms with Crippen LogP contribution in [0.3, 0.4) is 0 Å². The molecular weight excluding hydrogens is 259 g/mol. The van der Waals surface area contributed by atoms with E-state index in [-0.39, 0.29) is 17.2 Å². The third-order valence-corrected chi connectivity index (χ3v) is 3.11. The number of hydrazone groups is 1. The van der Waals surface area contributed by atoms with E-state index in [2.05, 4.69) is 10.1 Å². The third kappa shape index (κ3) is 1.65. The normalized spacial score (nSPS) is 21.3. The quantitative estimate of drug-likeness (QED) is 0.710. The second-order valence-corrected chi connectivity index (χ2v) is 4.30. The van der Waals surface area contributed by atoms with Crippen molar-refractivity contribution >= 4 is 23.5 Å². The molecule has 0 aliphatic carbocycles. The fourth-order valence-electron chi connectivity index (χ4n) is 2.21. The van der Waals surface area contributed by atoms with Crippen LogP contribution >= 0.6 is 0 Å². The summed E-state index contributed by atoms with van der Waals surface area (Å²) in [7, 11) is 1.47. The van der Waals surface area contributed by atoms with E-state index in [9.17, 15) is 18.0 Å². The monoisotopic (exact) mass is 267 g/mol. The lowest BCUT2D eigenvalue weighted by Crippen LogP contribution is -2.28. The molecule has 0 aromatic heterocycles. The SMILES string of the molecule is CN1N=C2c3cccc(C(F)(F)F)c3N=CC2C1=O. The number of hydrogen-bond donors (Lipinski definition) is 0. The summed E-state index contributed by atoms with van der Waals surface area (Å²) in [6, 6.07) is 3.77. The molecule has 1 aromatic carbocycles. The molecule has 7 heteroatoms. The predicted octanol–water partition coefficient (Wildman–Crippen LogP) is 2.21. The molecule has 1 unspecified atom stereocenters. The Morgan fingerprint density at radius 1 is 1.32 bits per heavy atom. The first-order valence-electron chi connectivity index (χ1n) is 5.50. The Labute approximate surface area is 106 Å². The van der Waals surface area contributed by atoms with Crippen LogP contribution < -0.4 is 0 Å². The van der Waals surface area contributed by atoms with Crippen LogP contribution in [0.2, 0.25) is 0 Å². The summed E-state index contributed by atoms with van der Waals surface area (Å²) >= 11 is 0. The summed E-state index contributed by atoms with van der Waals surface area (Å²) < 4.78 is 38.6. The van der Waals surface area contributed by atoms with Crippen molar-refractivity contribution in [2.45, 2.75) is 6.18 Å². The Morgan fingerprint density at radius 2 is 2.05 bits per heavy atom. The molecule has 2 heterocycles. The molecule has 1 amide bonds. The Hall–Kier alpha value is -2.18. The van der Waals surface area contributed by atoms with Crippen molar-refractivity contribution in [1.82, 2.24) is 5.01 Å². The Kier molecular flexibility index (Phi) is 2.29. The number of amides is 1. The van der Waals surface area contributed by atoms with Gasteiger partial charge in [-0.05, 0) is 6.07 Å². The molecule has 0 saturated carbocycles. The first kappa shape index (κ1) is 11.9. The molecule has 4 nitrogen and oxygen atoms in total. The number of fused-ring (bicyclic) bond motifs is 3. The van der Waals surface area contributed by atoms with E-state index < -0.39 is 17.7 Å². The van der Waals surface area contributed by atoms with Gasteiger partial charge >= 0.3 is 6.18 Å². The molecule has 1 aromatic rings. The number of nitrogens with zero attached hydrogens (tertiary/aromatic N) is 3. The van der Waals surface area contributed by atoms with Crippen LogP contribution in [0.5, 0.6) is 0 Å². The Balaban J connectivity index is 2.21. The average Bonchev–Trinajstić information content (AvgIpc) is 2.64. The lowest BCUT2D eigenvalue weighted by Gasteiger charge is -2.18. The van der Waals surface area contributed by atoms with Gasteiger partial charge in [0.2, 0.25) is 0 Å². The minimum Gasteiger partial charge on any atom is -0.272 e. The van der Waals surface area contributed by atoms with E-state index in [1.54, 1.807) is 0 Å². The van der Waals surface area contributed by atoms with Gasteiger partial charge in [-0.25, -0.2) is 5.01 Å². The lowest BCUT2D eigenvalue weighted by atomic mass is 9.92. The third-order valence-electron chi connectivity index (χ3n) is 3.11. The highest BCUT2D eigenvalue weighted by Gasteiger charge is 2.41. The minimum absolute atomic E-state index is 0.173. The summed E-state index contributed by atoms with van der Waals surface area (Å²) in [4.78, 5) is 15.5. The molecule has 0 spiro atoms. The average molecular weight is 267 g/mol. The smallest absolute Gasteiger partial charge is 0.272 e. The molecule has 0 saturated heterocycles. The van der Waals surface area contributed by atoms with E-state index in [0.29, 0.717) is 5.71 Å². The molecule has 1 atom stereocenters. The molecule has 19 heavy (non-hydrogen) atoms. The highest BCUT2D eigenvalue weighted by molar-refractivity contribution is 6.28. The molecular formula is C12H8F3N3O. The molecule has 2 aliphatic rings. The van der Waals surface area contributed by atoms with E-state index in [4.69, 9.17) is 0 Å². The van der Waals surface area contributed by atoms with Gasteiger partial charge in [-0.1, -0.05) is 12.1 Å². The van der Waals surface area contributed by atoms with E-state index in [0.717, 1.165) is 11.1 Å². The van der Waals surface area contributed by atoms with Crippen LogP contribution in [0.25, 0.3) is 0 Å². The number of para-hydroxylation sites is 1. The second kappa shape index (κ2) is 3.66. The molecule has 0 N–H and O–H groups in total. The zero-order chi connectivity index (χ0) is 13.8. The highest BCUT2D eigenvalue weighted by Crippen LogP contribution is 2.41. The zero-order valence-corrected chi connectivity index (χ0v) is 9.77. The van der Waals surface area contributed by atoms with Crippen molar-refractivity contribution in [3.05, 3.63) is 29.3 Å². The number of carbonyl (C=O) groups excluding carboxylic acids is 1. The van der Waals surface area contributed by atoms with Crippen molar-refractivity contribution in [3.63, 3.8) is 0 Å². The molecule has 3 rings (SSSR count). The maximum Gasteiger partial charge on any atom is 0.418 e. The summed E-state index contributed by atoms with van der Waals surface area (Å²) in [6.45, 7) is 0. The van der Waals surface area contributed by atoms with Gasteiger partial charge in [0.15, 0.2) is 0 Å². The number of rotatable bonds is 0. The van der Waals surface area contributed by atoms with Crippen molar-refractivity contribution < 1.29 is 18.0 Å². The Bertz CT molecular complexity index is 634. The topological polar surface area (TPSA) is 45.0 Å². The largest absolute Gasteiger partial charge is 0.418 e. The van der Waals surface area contributed by atoms with Crippen molar-refractivity contribution in [3.8, 4) is 0 Å². The molecule has 0 fully saturated rings. The van der Waals surface area contributed by atoms with Gasteiger partial charge < -0.3 is 0 Å². The first-order valence-corrected chi connectivity index (χ1v) is 5.50. The Morgan fingerprint density at radius 3 is 2.74 bits per heavy atom. The highest BCUT2D eigenvalue weighted by atomic mass is 19.4. The van der Waals surface area contributed by atoms with Crippen molar-refractivity contribution in [2.24, 2.45) is 16.0 Å². The molecule has 2 aliphatic heterocycles. The number of aliphatic imine (C=N–C) groups is 1. The van der Waals surface area contributed by atoms with Crippen LogP contribution in [0.1, 0.15) is 11.1 Å². The lowest BCUT2D eigenvalue weighted by molar-refractivity contribution is -0.137. The van der Waals surface area contributed by atoms with Gasteiger partial charge in [-0.15, -0.1) is 0 Å². The molecule has 0 bridgehead atoms. The fourth-order valence-corrected chi connectivity index (χ4v) is 2.21. The summed E-state index contributed by atoms with van der Waals surface area (Å²) in [5.41, 5.74) is -0.402. The van der Waals surface area contributed by atoms with Crippen LogP contribution in [-0.4, -0.2) is 29.9 Å². The van der Waals surface area contributed by atoms with Crippen molar-refractivity contribution in [1.29, 1.82) is 0 Å². The van der Waals surface area contributed by atoms with Gasteiger partial charge in [0.1, 0.15) is 5.92 Å². The molecule has 98 valence electrons. The van der Waals surface area contributed by atoms with Gasteiger partial charge in [-0.3, -0.25) is 9.79 Å². The van der Waals surface area contributed by atoms with Crippen molar-refractivity contribution in [2.75, 3.05) is 7.05 Å². The van der Waals surface area contributed by atoms with Crippen LogP contribution in [0.4, 0.5) is 18.9 Å². The number of hydrogen-bond acceptors (Lipinski definition) is 3. The fraction of sp³-hybridized carbons (Fsp3) is 0.250. The van der Waals surface area contributed by atoms with E-state index >= 15 is 0 Å². The van der Waals surface area contributed by atoms with E-state index in [1.165, 1.54) is 25.4 Å². The first-order chi connectivity index (χ1) is 8.89. The standard InChI is InChI=1S/C12H8F3N3O/c1-18-11(19)7-5-16-10-6(9(7)17-18)3-2-4-8(10)12(13,14)15/h2-5,7H,1H3. The number of alkyl halides is 3. The molecule has 0 radical (unpaired) electrons. The van der Waals surface area contributed by atoms with Gasteiger partial charge in [0, 0.05) is 18.8 Å². The minimum atomic E-state index is -4.48. The van der Waals surface area contributed by atoms with Gasteiger partial charge in [0.25, 0.3) is 5.91 Å². The second-order valence-electron chi connectivity index (χ2n) is 4.30. The number of halogens is 3. The summed E-state index contributed by atoms with van der Waals surface area (Å²) in [5, 5.41) is 5.12. The van der Waals surface area contributed by atoms with Gasteiger partial charge in [-0.2, -0.15) is 18.3 Å². The maximum atomic E-state index is 12.9. The maximum absolute atomic E-state index is 12.9. The van der Waals surface area contributed by atoms with E-state index in [1.807, 2.05) is 0 Å². The van der Waals surface area contributed by atoms with Crippen LogP contribution in [-0.2, 0) is 11.0 Å². The zero-order valence-electron chi connectivity index (χ0n) is 9.77. The summed E-state index contributed by atoms with van der Waals surface area (Å²) in [5.74, 6) is -0.970. The summed E-state index contributed by atoms with van der Waals surface area (Å²) in [6.07, 6.45) is -3.26. The number of benzene rings is 1. The predicted molar refractivity (Wildman–Crippen MR) is 62.4 cm³/mol.